The maximum atomic E-state index is 11.2. The first-order valence-corrected chi connectivity index (χ1v) is 7.80. The summed E-state index contributed by atoms with van der Waals surface area (Å²) in [5.41, 5.74) is -0.164. The molecule has 0 heterocycles. The van der Waals surface area contributed by atoms with E-state index in [2.05, 4.69) is 65.2 Å². The highest BCUT2D eigenvalue weighted by atomic mass is 32.2. The van der Waals surface area contributed by atoms with Crippen LogP contribution in [-0.4, -0.2) is 9.32 Å². The van der Waals surface area contributed by atoms with Gasteiger partial charge in [0, 0.05) is 11.3 Å². The average molecular weight is 296 g/mol. The zero-order chi connectivity index (χ0) is 15.9. The van der Waals surface area contributed by atoms with Crippen LogP contribution in [0, 0.1) is 46.9 Å². The number of carbonyl (C=O) groups excluding carboxylic acids is 1. The van der Waals surface area contributed by atoms with E-state index in [1.807, 2.05) is 4.83 Å². The summed E-state index contributed by atoms with van der Waals surface area (Å²) in [6.07, 6.45) is 0. The predicted octanol–water partition coefficient (Wildman–Crippen LogP) is 1.60. The van der Waals surface area contributed by atoms with Gasteiger partial charge in [-0.2, -0.15) is 4.83 Å². The molecule has 4 nitrogen and oxygen atoms in total. The quantitative estimate of drug-likeness (QED) is 0.470. The zero-order valence-corrected chi connectivity index (χ0v) is 13.9. The van der Waals surface area contributed by atoms with Gasteiger partial charge in [0.2, 0.25) is 0 Å². The summed E-state index contributed by atoms with van der Waals surface area (Å²) in [4.78, 5) is 13.1. The minimum atomic E-state index is -1.98. The molecular formula is C15H24N2O2S. The summed E-state index contributed by atoms with van der Waals surface area (Å²) >= 11 is 0. The van der Waals surface area contributed by atoms with E-state index in [0.717, 1.165) is 0 Å². The minimum absolute atomic E-state index is 0.164. The highest BCUT2D eigenvalue weighted by Crippen LogP contribution is 2.42. The molecule has 0 aromatic heterocycles. The van der Waals surface area contributed by atoms with E-state index < -0.39 is 16.1 Å². The number of hydrogen-bond acceptors (Lipinski definition) is 3. The normalized spacial score (nSPS) is 12.7. The number of nitrogens with one attached hydrogen (secondary N) is 1. The lowest BCUT2D eigenvalue weighted by molar-refractivity contribution is -0.106. The van der Waals surface area contributed by atoms with Gasteiger partial charge in [0.1, 0.15) is 0 Å². The van der Waals surface area contributed by atoms with Gasteiger partial charge in [0.15, 0.2) is 11.0 Å². The largest absolute Gasteiger partial charge is 0.309 e. The Morgan fingerprint density at radius 2 is 1.50 bits per heavy atom. The summed E-state index contributed by atoms with van der Waals surface area (Å²) in [6, 6.07) is 0. The van der Waals surface area contributed by atoms with E-state index in [4.69, 9.17) is 5.84 Å². The van der Waals surface area contributed by atoms with Gasteiger partial charge >= 0.3 is 5.12 Å². The fraction of sp³-hybridized carbons (Fsp3) is 0.667. The van der Waals surface area contributed by atoms with Crippen LogP contribution in [0.2, 0.25) is 0 Å². The third-order valence-corrected chi connectivity index (χ3v) is 4.30. The molecule has 112 valence electrons. The molecule has 1 unspecified atom stereocenters. The van der Waals surface area contributed by atoms with Crippen molar-refractivity contribution in [2.45, 2.75) is 41.5 Å². The monoisotopic (exact) mass is 296 g/mol. The van der Waals surface area contributed by atoms with Gasteiger partial charge in [-0.15, -0.1) is 0 Å². The van der Waals surface area contributed by atoms with Crippen LogP contribution in [0.3, 0.4) is 0 Å². The van der Waals surface area contributed by atoms with Crippen molar-refractivity contribution in [3.63, 3.8) is 0 Å². The predicted molar refractivity (Wildman–Crippen MR) is 83.0 cm³/mol. The van der Waals surface area contributed by atoms with Crippen LogP contribution >= 0.6 is 0 Å². The van der Waals surface area contributed by atoms with E-state index in [-0.39, 0.29) is 5.41 Å². The van der Waals surface area contributed by atoms with E-state index >= 15 is 0 Å². The van der Waals surface area contributed by atoms with Crippen LogP contribution in [0.1, 0.15) is 41.5 Å². The van der Waals surface area contributed by atoms with E-state index in [9.17, 15) is 9.00 Å². The van der Waals surface area contributed by atoms with Crippen LogP contribution in [0.5, 0.6) is 0 Å². The zero-order valence-electron chi connectivity index (χ0n) is 13.0. The van der Waals surface area contributed by atoms with E-state index in [1.165, 1.54) is 0 Å². The summed E-state index contributed by atoms with van der Waals surface area (Å²) < 4.78 is 11.0. The summed E-state index contributed by atoms with van der Waals surface area (Å²) in [7, 11) is -1.98. The van der Waals surface area contributed by atoms with Crippen molar-refractivity contribution in [3.05, 3.63) is 0 Å². The molecule has 0 aromatic rings. The van der Waals surface area contributed by atoms with Gasteiger partial charge in [-0.25, -0.2) is 4.21 Å². The van der Waals surface area contributed by atoms with Gasteiger partial charge in [-0.1, -0.05) is 47.5 Å². The Morgan fingerprint density at radius 3 is 1.85 bits per heavy atom. The molecule has 0 amide bonds. The van der Waals surface area contributed by atoms with Crippen molar-refractivity contribution >= 4 is 16.1 Å². The summed E-state index contributed by atoms with van der Waals surface area (Å²) in [5.74, 6) is 16.6. The molecule has 0 aliphatic heterocycles. The topological polar surface area (TPSA) is 72.2 Å². The second kappa shape index (κ2) is 8.21. The lowest BCUT2D eigenvalue weighted by Gasteiger charge is -2.40. The third-order valence-electron chi connectivity index (χ3n) is 3.65. The van der Waals surface area contributed by atoms with Gasteiger partial charge in [0.05, 0.1) is 0 Å². The molecule has 0 aliphatic carbocycles. The Labute approximate surface area is 124 Å². The standard InChI is InChI=1S/C15H24N2O2S/c1-11(2)15(12(3)4,13(5)6)10-8-7-9-14(18)20(19)17-16/h11-13,17H,16H2,1-6H3. The number of hydrazine groups is 1. The third kappa shape index (κ3) is 4.45. The van der Waals surface area contributed by atoms with Crippen LogP contribution < -0.4 is 10.7 Å². The van der Waals surface area contributed by atoms with Gasteiger partial charge in [-0.05, 0) is 29.6 Å². The summed E-state index contributed by atoms with van der Waals surface area (Å²) in [5, 5.41) is -0.772. The van der Waals surface area contributed by atoms with Gasteiger partial charge < -0.3 is 0 Å². The number of nitrogens with two attached hydrogens (primary N) is 1. The molecule has 0 aromatic carbocycles. The van der Waals surface area contributed by atoms with E-state index in [0.29, 0.717) is 17.8 Å². The lowest BCUT2D eigenvalue weighted by Crippen LogP contribution is -2.37. The van der Waals surface area contributed by atoms with Gasteiger partial charge in [0.25, 0.3) is 0 Å². The maximum absolute atomic E-state index is 11.2. The molecule has 0 bridgehead atoms. The molecule has 5 heteroatoms. The number of carbonyl (C=O) groups is 1. The molecule has 0 aliphatic rings. The van der Waals surface area contributed by atoms with E-state index in [1.54, 1.807) is 0 Å². The number of rotatable bonds is 4. The Balaban J connectivity index is 5.35. The average Bonchev–Trinajstić information content (AvgIpc) is 2.35. The van der Waals surface area contributed by atoms with Gasteiger partial charge in [-0.3, -0.25) is 10.6 Å². The first-order chi connectivity index (χ1) is 9.20. The molecule has 0 radical (unpaired) electrons. The van der Waals surface area contributed by atoms with Crippen LogP contribution in [-0.2, 0) is 15.8 Å². The van der Waals surface area contributed by atoms with Crippen molar-refractivity contribution < 1.29 is 9.00 Å². The molecule has 20 heavy (non-hydrogen) atoms. The molecule has 3 N–H and O–H groups in total. The van der Waals surface area contributed by atoms with Crippen LogP contribution in [0.4, 0.5) is 0 Å². The number of hydrogen-bond donors (Lipinski definition) is 2. The molecule has 0 saturated carbocycles. The SMILES string of the molecule is CC(C)C(C#CC#CC(=O)S(=O)NN)(C(C)C)C(C)C. The maximum Gasteiger partial charge on any atom is 0.309 e. The van der Waals surface area contributed by atoms with Crippen LogP contribution in [0.25, 0.3) is 0 Å². The minimum Gasteiger partial charge on any atom is -0.268 e. The Hall–Kier alpha value is -1.14. The smallest absolute Gasteiger partial charge is 0.268 e. The molecule has 0 rings (SSSR count). The van der Waals surface area contributed by atoms with Crippen molar-refractivity contribution in [2.75, 3.05) is 0 Å². The van der Waals surface area contributed by atoms with Crippen molar-refractivity contribution in [1.29, 1.82) is 0 Å². The highest BCUT2D eigenvalue weighted by molar-refractivity contribution is 7.99. The Morgan fingerprint density at radius 1 is 1.05 bits per heavy atom. The fourth-order valence-electron chi connectivity index (χ4n) is 2.75. The fourth-order valence-corrected chi connectivity index (χ4v) is 3.01. The second-order valence-electron chi connectivity index (χ2n) is 5.57. The Bertz CT molecular complexity index is 466. The van der Waals surface area contributed by atoms with Crippen molar-refractivity contribution in [3.8, 4) is 23.7 Å². The molecular weight excluding hydrogens is 272 g/mol. The van der Waals surface area contributed by atoms with Crippen molar-refractivity contribution in [1.82, 2.24) is 4.83 Å². The lowest BCUT2D eigenvalue weighted by atomic mass is 9.63. The first kappa shape index (κ1) is 18.9. The molecule has 0 fully saturated rings. The molecule has 1 atom stereocenters. The van der Waals surface area contributed by atoms with Crippen LogP contribution in [0.15, 0.2) is 0 Å². The van der Waals surface area contributed by atoms with Crippen molar-refractivity contribution in [2.24, 2.45) is 29.0 Å². The highest BCUT2D eigenvalue weighted by Gasteiger charge is 2.38. The summed E-state index contributed by atoms with van der Waals surface area (Å²) in [6.45, 7) is 12.8. The first-order valence-electron chi connectivity index (χ1n) is 6.65. The second-order valence-corrected chi connectivity index (χ2v) is 6.72. The molecule has 0 spiro atoms. The molecule has 0 saturated heterocycles. The Kier molecular flexibility index (Phi) is 7.75.